The van der Waals surface area contributed by atoms with E-state index < -0.39 is 28.1 Å². The highest BCUT2D eigenvalue weighted by molar-refractivity contribution is 5.83. The minimum atomic E-state index is -0.947. The summed E-state index contributed by atoms with van der Waals surface area (Å²) in [6.45, 7) is 2.53. The molecule has 22 heavy (non-hydrogen) atoms. The van der Waals surface area contributed by atoms with Gasteiger partial charge in [-0.15, -0.1) is 0 Å². The third-order valence-electron chi connectivity index (χ3n) is 2.98. The Bertz CT molecular complexity index is 610. The second kappa shape index (κ2) is 6.50. The maximum absolute atomic E-state index is 11.7. The van der Waals surface area contributed by atoms with Crippen molar-refractivity contribution in [2.75, 3.05) is 13.2 Å². The molecule has 1 aliphatic rings. The van der Waals surface area contributed by atoms with Crippen LogP contribution < -0.4 is 5.43 Å². The average molecular weight is 309 g/mol. The van der Waals surface area contributed by atoms with Gasteiger partial charge in [0, 0.05) is 11.6 Å². The van der Waals surface area contributed by atoms with E-state index in [-0.39, 0.29) is 6.42 Å². The monoisotopic (exact) mass is 309 g/mol. The van der Waals surface area contributed by atoms with Gasteiger partial charge in [-0.2, -0.15) is 5.10 Å². The largest absolute Gasteiger partial charge is 0.502 e. The van der Waals surface area contributed by atoms with Crippen molar-refractivity contribution in [2.45, 2.75) is 19.1 Å². The van der Waals surface area contributed by atoms with E-state index in [2.05, 4.69) is 10.5 Å². The SMILES string of the molecule is CC1(CC(=O)N/N=C\c2ccc(O)c([N+](=O)[O-])c2)OCCO1. The van der Waals surface area contributed by atoms with E-state index in [9.17, 15) is 20.0 Å². The summed E-state index contributed by atoms with van der Waals surface area (Å²) in [6.07, 6.45) is 1.23. The van der Waals surface area contributed by atoms with Gasteiger partial charge >= 0.3 is 5.69 Å². The molecule has 0 radical (unpaired) electrons. The van der Waals surface area contributed by atoms with Crippen LogP contribution in [0.2, 0.25) is 0 Å². The van der Waals surface area contributed by atoms with Crippen molar-refractivity contribution in [3.63, 3.8) is 0 Å². The number of nitro groups is 1. The number of rotatable bonds is 5. The lowest BCUT2D eigenvalue weighted by Gasteiger charge is -2.20. The summed E-state index contributed by atoms with van der Waals surface area (Å²) in [6, 6.07) is 3.76. The van der Waals surface area contributed by atoms with Crippen LogP contribution in [0.5, 0.6) is 5.75 Å². The van der Waals surface area contributed by atoms with Crippen LogP contribution in [-0.2, 0) is 14.3 Å². The minimum Gasteiger partial charge on any atom is -0.502 e. The second-order valence-electron chi connectivity index (χ2n) is 4.81. The number of hydrazone groups is 1. The van der Waals surface area contributed by atoms with Gasteiger partial charge in [0.2, 0.25) is 5.91 Å². The molecule has 0 spiro atoms. The lowest BCUT2D eigenvalue weighted by molar-refractivity contribution is -0.385. The van der Waals surface area contributed by atoms with Gasteiger partial charge < -0.3 is 14.6 Å². The van der Waals surface area contributed by atoms with Crippen molar-refractivity contribution >= 4 is 17.8 Å². The molecule has 1 fully saturated rings. The molecule has 9 heteroatoms. The maximum atomic E-state index is 11.7. The van der Waals surface area contributed by atoms with Crippen LogP contribution in [-0.4, -0.2) is 41.2 Å². The number of nitrogens with zero attached hydrogens (tertiary/aromatic N) is 2. The van der Waals surface area contributed by atoms with E-state index in [1.807, 2.05) is 0 Å². The number of nitro benzene ring substituents is 1. The van der Waals surface area contributed by atoms with Crippen molar-refractivity contribution in [1.29, 1.82) is 0 Å². The van der Waals surface area contributed by atoms with Gasteiger partial charge in [0.25, 0.3) is 0 Å². The Hall–Kier alpha value is -2.52. The fourth-order valence-electron chi connectivity index (χ4n) is 1.94. The molecule has 9 nitrogen and oxygen atoms in total. The van der Waals surface area contributed by atoms with Gasteiger partial charge in [-0.05, 0) is 19.1 Å². The Kier molecular flexibility index (Phi) is 4.68. The van der Waals surface area contributed by atoms with Crippen LogP contribution in [0.1, 0.15) is 18.9 Å². The van der Waals surface area contributed by atoms with E-state index in [0.717, 1.165) is 6.07 Å². The normalized spacial score (nSPS) is 16.8. The standard InChI is InChI=1S/C13H15N3O6/c1-13(21-4-5-22-13)7-12(18)15-14-8-9-2-3-11(17)10(6-9)16(19)20/h2-3,6,8,17H,4-5,7H2,1H3,(H,15,18)/b14-8-. The number of benzene rings is 1. The summed E-state index contributed by atoms with van der Waals surface area (Å²) < 4.78 is 10.6. The molecule has 1 aromatic rings. The van der Waals surface area contributed by atoms with Crippen molar-refractivity contribution < 1.29 is 24.3 Å². The Morgan fingerprint density at radius 3 is 2.86 bits per heavy atom. The number of aromatic hydroxyl groups is 1. The molecule has 2 rings (SSSR count). The first-order valence-electron chi connectivity index (χ1n) is 6.47. The summed E-state index contributed by atoms with van der Waals surface area (Å²) >= 11 is 0. The molecule has 2 N–H and O–H groups in total. The number of carbonyl (C=O) groups is 1. The Balaban J connectivity index is 1.93. The summed E-state index contributed by atoms with van der Waals surface area (Å²) in [5, 5.41) is 23.7. The van der Waals surface area contributed by atoms with E-state index in [1.165, 1.54) is 18.3 Å². The zero-order valence-corrected chi connectivity index (χ0v) is 11.8. The van der Waals surface area contributed by atoms with Crippen LogP contribution >= 0.6 is 0 Å². The minimum absolute atomic E-state index is 0.0138. The van der Waals surface area contributed by atoms with Crippen molar-refractivity contribution in [2.24, 2.45) is 5.10 Å². The summed E-state index contributed by atoms with van der Waals surface area (Å²) in [7, 11) is 0. The first-order valence-corrected chi connectivity index (χ1v) is 6.47. The molecule has 0 unspecified atom stereocenters. The highest BCUT2D eigenvalue weighted by atomic mass is 16.7. The summed E-state index contributed by atoms with van der Waals surface area (Å²) in [5.41, 5.74) is 2.22. The first kappa shape index (κ1) is 15.9. The number of phenols is 1. The zero-order chi connectivity index (χ0) is 16.2. The second-order valence-corrected chi connectivity index (χ2v) is 4.81. The van der Waals surface area contributed by atoms with Crippen molar-refractivity contribution in [1.82, 2.24) is 5.43 Å². The third-order valence-corrected chi connectivity index (χ3v) is 2.98. The first-order chi connectivity index (χ1) is 10.4. The lowest BCUT2D eigenvalue weighted by Crippen LogP contribution is -2.33. The number of phenolic OH excluding ortho intramolecular Hbond substituents is 1. The Morgan fingerprint density at radius 2 is 2.23 bits per heavy atom. The van der Waals surface area contributed by atoms with Gasteiger partial charge in [0.1, 0.15) is 0 Å². The van der Waals surface area contributed by atoms with Crippen LogP contribution in [0, 0.1) is 10.1 Å². The van der Waals surface area contributed by atoms with Crippen LogP contribution in [0.3, 0.4) is 0 Å². The average Bonchev–Trinajstić information content (AvgIpc) is 2.86. The van der Waals surface area contributed by atoms with Crippen LogP contribution in [0.15, 0.2) is 23.3 Å². The highest BCUT2D eigenvalue weighted by Gasteiger charge is 2.33. The van der Waals surface area contributed by atoms with E-state index >= 15 is 0 Å². The van der Waals surface area contributed by atoms with Crippen molar-refractivity contribution in [3.05, 3.63) is 33.9 Å². The number of amides is 1. The summed E-state index contributed by atoms with van der Waals surface area (Å²) in [4.78, 5) is 21.7. The van der Waals surface area contributed by atoms with Crippen molar-refractivity contribution in [3.8, 4) is 5.75 Å². The number of hydrogen-bond acceptors (Lipinski definition) is 7. The molecule has 1 amide bonds. The topological polar surface area (TPSA) is 123 Å². The molecule has 118 valence electrons. The predicted molar refractivity (Wildman–Crippen MR) is 75.4 cm³/mol. The fraction of sp³-hybridized carbons (Fsp3) is 0.385. The number of carbonyl (C=O) groups excluding carboxylic acids is 1. The molecule has 1 aliphatic heterocycles. The van der Waals surface area contributed by atoms with Crippen LogP contribution in [0.4, 0.5) is 5.69 Å². The Morgan fingerprint density at radius 1 is 1.55 bits per heavy atom. The number of ether oxygens (including phenoxy) is 2. The molecular formula is C13H15N3O6. The van der Waals surface area contributed by atoms with Gasteiger partial charge in [0.15, 0.2) is 11.5 Å². The molecular weight excluding hydrogens is 294 g/mol. The molecule has 0 atom stereocenters. The number of nitrogens with one attached hydrogen (secondary N) is 1. The Labute approximate surface area is 125 Å². The van der Waals surface area contributed by atoms with E-state index in [1.54, 1.807) is 6.92 Å². The fourth-order valence-corrected chi connectivity index (χ4v) is 1.94. The van der Waals surface area contributed by atoms with Gasteiger partial charge in [-0.1, -0.05) is 0 Å². The zero-order valence-electron chi connectivity index (χ0n) is 11.8. The number of hydrogen-bond donors (Lipinski definition) is 2. The van der Waals surface area contributed by atoms with E-state index in [0.29, 0.717) is 18.8 Å². The maximum Gasteiger partial charge on any atom is 0.311 e. The summed E-state index contributed by atoms with van der Waals surface area (Å²) in [5.74, 6) is -1.79. The molecule has 1 heterocycles. The smallest absolute Gasteiger partial charge is 0.311 e. The molecule has 0 saturated carbocycles. The van der Waals surface area contributed by atoms with E-state index in [4.69, 9.17) is 9.47 Å². The lowest BCUT2D eigenvalue weighted by atomic mass is 10.2. The quantitative estimate of drug-likeness (QED) is 0.473. The van der Waals surface area contributed by atoms with Gasteiger partial charge in [-0.3, -0.25) is 14.9 Å². The molecule has 1 aromatic carbocycles. The molecule has 0 aromatic heterocycles. The molecule has 0 bridgehead atoms. The molecule has 1 saturated heterocycles. The van der Waals surface area contributed by atoms with Gasteiger partial charge in [0.05, 0.1) is 30.8 Å². The predicted octanol–water partition coefficient (Wildman–Crippen LogP) is 0.904. The van der Waals surface area contributed by atoms with Crippen LogP contribution in [0.25, 0.3) is 0 Å². The molecule has 0 aliphatic carbocycles. The third kappa shape index (κ3) is 3.99. The highest BCUT2D eigenvalue weighted by Crippen LogP contribution is 2.25. The van der Waals surface area contributed by atoms with Gasteiger partial charge in [-0.25, -0.2) is 5.43 Å².